The number of benzene rings is 3. The van der Waals surface area contributed by atoms with Gasteiger partial charge in [0.25, 0.3) is 21.6 Å². The zero-order valence-corrected chi connectivity index (χ0v) is 38.5. The van der Waals surface area contributed by atoms with E-state index >= 15 is 0 Å². The zero-order chi connectivity index (χ0) is 46.9. The summed E-state index contributed by atoms with van der Waals surface area (Å²) in [5, 5.41) is 17.8. The van der Waals surface area contributed by atoms with Crippen molar-refractivity contribution in [3.63, 3.8) is 0 Å². The van der Waals surface area contributed by atoms with Gasteiger partial charge < -0.3 is 29.4 Å². The van der Waals surface area contributed by atoms with Crippen molar-refractivity contribution in [1.82, 2.24) is 19.6 Å². The Morgan fingerprint density at radius 1 is 1.01 bits per heavy atom. The SMILES string of the molecule is CC1(C)CCC(CN2CCN(c3ccc(C(=O)NS(=O)(=O)c4ccc(NCC5COCCO5)c([N+](=O)[O-])c4)c(Oc4cnc5[nH]ccc5c4)c3)CC2)=C(c2cc(-c3ccc(F)c(F)c3)cs2)C1. The lowest BCUT2D eigenvalue weighted by Crippen LogP contribution is -2.47. The van der Waals surface area contributed by atoms with E-state index in [1.807, 2.05) is 11.4 Å². The Labute approximate surface area is 390 Å². The molecule has 3 aromatic heterocycles. The molecular weight excluding hydrogens is 905 g/mol. The molecule has 3 aliphatic rings. The van der Waals surface area contributed by atoms with E-state index in [0.29, 0.717) is 49.9 Å². The minimum Gasteiger partial charge on any atom is -0.455 e. The number of halogens is 2. The van der Waals surface area contributed by atoms with Crippen molar-refractivity contribution in [3.05, 3.63) is 128 Å². The van der Waals surface area contributed by atoms with E-state index in [9.17, 15) is 32.1 Å². The number of nitro benzene ring substituents is 1. The molecule has 0 spiro atoms. The Morgan fingerprint density at radius 3 is 2.63 bits per heavy atom. The second kappa shape index (κ2) is 19.2. The summed E-state index contributed by atoms with van der Waals surface area (Å²) >= 11 is 1.63. The van der Waals surface area contributed by atoms with Gasteiger partial charge in [0.2, 0.25) is 0 Å². The Bertz CT molecular complexity index is 2980. The molecule has 3 aromatic carbocycles. The highest BCUT2D eigenvalue weighted by molar-refractivity contribution is 7.90. The standard InChI is InChI=1S/C48H49F2N7O8S2/c1-48(2)11-9-32(39(24-48)45-21-33(29-66-45)30-3-7-40(49)41(50)20-30)27-55-13-15-56(16-14-55)34-4-6-38(44(22-34)65-35-19-31-10-12-51-46(31)53-25-35)47(58)54-67(61,62)37-5-8-42(43(23-37)57(59)60)52-26-36-28-63-17-18-64-36/h3-8,10,12,19-23,25,29,36,52H,9,11,13-18,24,26-28H2,1-2H3,(H,51,53)(H,54,58). The number of aromatic nitrogens is 2. The number of anilines is 2. The highest BCUT2D eigenvalue weighted by Crippen LogP contribution is 2.46. The van der Waals surface area contributed by atoms with Crippen LogP contribution in [0.15, 0.2) is 101 Å². The normalized spacial score (nSPS) is 18.0. The number of allylic oxidation sites excluding steroid dienone is 1. The highest BCUT2D eigenvalue weighted by Gasteiger charge is 2.31. The third-order valence-corrected chi connectivity index (χ3v) is 14.7. The zero-order valence-electron chi connectivity index (χ0n) is 36.9. The maximum Gasteiger partial charge on any atom is 0.293 e. The molecule has 2 fully saturated rings. The molecule has 3 N–H and O–H groups in total. The average molecular weight is 954 g/mol. The number of H-pyrrole nitrogens is 1. The largest absolute Gasteiger partial charge is 0.455 e. The summed E-state index contributed by atoms with van der Waals surface area (Å²) in [6, 6.07) is 18.0. The smallest absolute Gasteiger partial charge is 0.293 e. The second-order valence-corrected chi connectivity index (χ2v) is 20.3. The second-order valence-electron chi connectivity index (χ2n) is 17.7. The maximum absolute atomic E-state index is 14.1. The number of hydrogen-bond acceptors (Lipinski definition) is 13. The van der Waals surface area contributed by atoms with Crippen LogP contribution in [0, 0.1) is 27.2 Å². The van der Waals surface area contributed by atoms with E-state index in [1.165, 1.54) is 41.6 Å². The number of nitrogens with one attached hydrogen (secondary N) is 3. The molecule has 6 aromatic rings. The predicted molar refractivity (Wildman–Crippen MR) is 252 cm³/mol. The topological polar surface area (TPSA) is 181 Å². The quantitative estimate of drug-likeness (QED) is 0.0698. The first-order valence-electron chi connectivity index (χ1n) is 21.9. The molecule has 0 saturated carbocycles. The maximum atomic E-state index is 14.1. The monoisotopic (exact) mass is 953 g/mol. The van der Waals surface area contributed by atoms with Gasteiger partial charge in [0.15, 0.2) is 11.6 Å². The number of nitro groups is 1. The van der Waals surface area contributed by atoms with E-state index in [2.05, 4.69) is 49.7 Å². The first-order valence-corrected chi connectivity index (χ1v) is 24.3. The predicted octanol–water partition coefficient (Wildman–Crippen LogP) is 9.00. The summed E-state index contributed by atoms with van der Waals surface area (Å²) in [5.41, 5.74) is 5.21. The molecule has 0 radical (unpaired) electrons. The van der Waals surface area contributed by atoms with Gasteiger partial charge in [-0.3, -0.25) is 19.8 Å². The van der Waals surface area contributed by atoms with Crippen LogP contribution in [0.25, 0.3) is 27.7 Å². The Kier molecular flexibility index (Phi) is 13.1. The number of sulfonamides is 1. The Balaban J connectivity index is 0.923. The van der Waals surface area contributed by atoms with Crippen LogP contribution in [0.2, 0.25) is 0 Å². The van der Waals surface area contributed by atoms with E-state index in [0.717, 1.165) is 72.5 Å². The van der Waals surface area contributed by atoms with Crippen LogP contribution in [0.4, 0.5) is 25.8 Å². The van der Waals surface area contributed by atoms with Gasteiger partial charge in [-0.15, -0.1) is 11.3 Å². The lowest BCUT2D eigenvalue weighted by molar-refractivity contribution is -0.384. The number of carbonyl (C=O) groups is 1. The molecule has 15 nitrogen and oxygen atoms in total. The number of carbonyl (C=O) groups excluding carboxylic acids is 1. The summed E-state index contributed by atoms with van der Waals surface area (Å²) in [7, 11) is -4.61. The number of fused-ring (bicyclic) bond motifs is 1. The molecule has 1 unspecified atom stereocenters. The molecule has 1 amide bonds. The summed E-state index contributed by atoms with van der Waals surface area (Å²) < 4.78 is 74.6. The van der Waals surface area contributed by atoms with Gasteiger partial charge in [-0.25, -0.2) is 26.9 Å². The highest BCUT2D eigenvalue weighted by atomic mass is 32.2. The lowest BCUT2D eigenvalue weighted by Gasteiger charge is -2.39. The third kappa shape index (κ3) is 10.5. The van der Waals surface area contributed by atoms with Gasteiger partial charge >= 0.3 is 0 Å². The fourth-order valence-electron chi connectivity index (χ4n) is 8.70. The van der Waals surface area contributed by atoms with E-state index in [1.54, 1.807) is 41.8 Å². The molecule has 350 valence electrons. The van der Waals surface area contributed by atoms with Crippen molar-refractivity contribution in [2.45, 2.75) is 44.1 Å². The fourth-order valence-corrected chi connectivity index (χ4v) is 10.7. The van der Waals surface area contributed by atoms with Crippen LogP contribution < -0.4 is 19.7 Å². The number of thiophene rings is 1. The molecule has 67 heavy (non-hydrogen) atoms. The first kappa shape index (κ1) is 45.9. The summed E-state index contributed by atoms with van der Waals surface area (Å²) in [4.78, 5) is 38.0. The number of amides is 1. The lowest BCUT2D eigenvalue weighted by atomic mass is 9.73. The number of aromatic amines is 1. The van der Waals surface area contributed by atoms with Crippen molar-refractivity contribution in [2.75, 3.05) is 69.3 Å². The Morgan fingerprint density at radius 2 is 1.85 bits per heavy atom. The van der Waals surface area contributed by atoms with Crippen molar-refractivity contribution < 1.29 is 41.1 Å². The molecular formula is C48H49F2N7O8S2. The number of rotatable bonds is 14. The minimum atomic E-state index is -4.61. The molecule has 9 rings (SSSR count). The first-order chi connectivity index (χ1) is 32.2. The van der Waals surface area contributed by atoms with Gasteiger partial charge in [0, 0.05) is 73.5 Å². The minimum absolute atomic E-state index is 0.0800. The van der Waals surface area contributed by atoms with Crippen molar-refractivity contribution in [3.8, 4) is 22.6 Å². The van der Waals surface area contributed by atoms with Gasteiger partial charge in [-0.05, 0) is 101 Å². The van der Waals surface area contributed by atoms with Crippen LogP contribution in [-0.2, 0) is 19.5 Å². The number of nitrogens with zero attached hydrogens (tertiary/aromatic N) is 4. The molecule has 5 heterocycles. The summed E-state index contributed by atoms with van der Waals surface area (Å²) in [5.74, 6) is -2.33. The van der Waals surface area contributed by atoms with Gasteiger partial charge in [-0.1, -0.05) is 25.5 Å². The Hall–Kier alpha value is -6.25. The number of hydrogen-bond donors (Lipinski definition) is 3. The number of piperazine rings is 1. The van der Waals surface area contributed by atoms with Gasteiger partial charge in [-0.2, -0.15) is 0 Å². The van der Waals surface area contributed by atoms with Crippen LogP contribution in [0.1, 0.15) is 48.3 Å². The molecule has 19 heteroatoms. The average Bonchev–Trinajstić information content (AvgIpc) is 4.01. The molecule has 0 bridgehead atoms. The van der Waals surface area contributed by atoms with E-state index < -0.39 is 43.1 Å². The third-order valence-electron chi connectivity index (χ3n) is 12.4. The number of ether oxygens (including phenoxy) is 3. The molecule has 2 aliphatic heterocycles. The van der Waals surface area contributed by atoms with Gasteiger partial charge in [0.1, 0.15) is 22.8 Å². The van der Waals surface area contributed by atoms with Crippen molar-refractivity contribution in [2.24, 2.45) is 5.41 Å². The van der Waals surface area contributed by atoms with E-state index in [4.69, 9.17) is 14.2 Å². The van der Waals surface area contributed by atoms with Crippen LogP contribution in [-0.4, -0.2) is 99.3 Å². The summed E-state index contributed by atoms with van der Waals surface area (Å²) in [6.45, 7) is 9.54. The van der Waals surface area contributed by atoms with Crippen LogP contribution in [0.3, 0.4) is 0 Å². The fraction of sp³-hybridized carbons (Fsp3) is 0.333. The molecule has 2 saturated heterocycles. The van der Waals surface area contributed by atoms with Crippen molar-refractivity contribution >= 4 is 60.9 Å². The number of pyridine rings is 1. The summed E-state index contributed by atoms with van der Waals surface area (Å²) in [6.07, 6.45) is 5.82. The van der Waals surface area contributed by atoms with E-state index in [-0.39, 0.29) is 35.1 Å². The van der Waals surface area contributed by atoms with Crippen molar-refractivity contribution in [1.29, 1.82) is 0 Å². The molecule has 1 atom stereocenters. The van der Waals surface area contributed by atoms with Crippen LogP contribution >= 0.6 is 11.3 Å². The van der Waals surface area contributed by atoms with Crippen LogP contribution in [0.5, 0.6) is 11.5 Å². The molecule has 1 aliphatic carbocycles. The van der Waals surface area contributed by atoms with Gasteiger partial charge in [0.05, 0.1) is 47.5 Å².